The number of carbonyl (C=O) groups is 1. The minimum Gasteiger partial charge on any atom is -0.338 e. The van der Waals surface area contributed by atoms with E-state index in [9.17, 15) is 9.18 Å². The molecule has 0 aliphatic carbocycles. The molecule has 1 aromatic heterocycles. The van der Waals surface area contributed by atoms with Crippen molar-refractivity contribution in [3.05, 3.63) is 58.4 Å². The fourth-order valence-corrected chi connectivity index (χ4v) is 2.70. The number of amides is 1. The van der Waals surface area contributed by atoms with Crippen molar-refractivity contribution in [1.82, 2.24) is 14.9 Å². The molecule has 27 heavy (non-hydrogen) atoms. The molecule has 0 saturated carbocycles. The average molecular weight is 400 g/mol. The Labute approximate surface area is 171 Å². The first-order valence-electron chi connectivity index (χ1n) is 11.3. The van der Waals surface area contributed by atoms with E-state index in [1.807, 2.05) is 0 Å². The van der Waals surface area contributed by atoms with Gasteiger partial charge in [0, 0.05) is 45.5 Å². The monoisotopic (exact) mass is 399 g/mol. The molecule has 0 unspecified atom stereocenters. The van der Waals surface area contributed by atoms with Crippen LogP contribution >= 0.6 is 11.6 Å². The molecule has 7 heteroatoms. The molecule has 0 atom stereocenters. The second-order valence-electron chi connectivity index (χ2n) is 6.35. The van der Waals surface area contributed by atoms with Crippen LogP contribution in [0.25, 0.3) is 0 Å². The largest absolute Gasteiger partial charge is 0.338 e. The van der Waals surface area contributed by atoms with Crippen molar-refractivity contribution in [3.63, 3.8) is 0 Å². The first-order chi connectivity index (χ1) is 15.1. The third-order valence-electron chi connectivity index (χ3n) is 4.11. The Hall–Kier alpha value is -2.08. The lowest BCUT2D eigenvalue weighted by Gasteiger charge is -2.36. The minimum absolute atomic E-state index is 0.150. The van der Waals surface area contributed by atoms with Gasteiger partial charge in [0.05, 0.1) is 5.02 Å². The Bertz CT molecular complexity index is 1040. The highest BCUT2D eigenvalue weighted by Gasteiger charge is 2.35. The Morgan fingerprint density at radius 2 is 2.04 bits per heavy atom. The van der Waals surface area contributed by atoms with Crippen LogP contribution in [0.3, 0.4) is 0 Å². The predicted octanol–water partition coefficient (Wildman–Crippen LogP) is 4.54. The summed E-state index contributed by atoms with van der Waals surface area (Å²) in [6.07, 6.45) is -1.94. The molecule has 2 aromatic rings. The molecule has 4 nitrogen and oxygen atoms in total. The van der Waals surface area contributed by atoms with Crippen LogP contribution in [0.4, 0.5) is 8.78 Å². The predicted molar refractivity (Wildman–Crippen MR) is 100 cm³/mol. The minimum atomic E-state index is -2.75. The third-order valence-corrected chi connectivity index (χ3v) is 4.40. The van der Waals surface area contributed by atoms with Gasteiger partial charge in [-0.2, -0.15) is 0 Å². The molecule has 3 rings (SSSR count). The Kier molecular flexibility index (Phi) is 4.04. The van der Waals surface area contributed by atoms with Crippen molar-refractivity contribution in [3.8, 4) is 0 Å². The number of benzene rings is 1. The molecule has 0 radical (unpaired) electrons. The second-order valence-corrected chi connectivity index (χ2v) is 6.76. The van der Waals surface area contributed by atoms with Gasteiger partial charge in [0.25, 0.3) is 5.91 Å². The number of hydrogen-bond donors (Lipinski definition) is 0. The van der Waals surface area contributed by atoms with Gasteiger partial charge in [-0.1, -0.05) is 11.6 Å². The molecule has 1 saturated heterocycles. The lowest BCUT2D eigenvalue weighted by atomic mass is 9.88. The number of aryl methyl sites for hydroxylation is 2. The number of nitrogens with zero attached hydrogens (tertiary/aromatic N) is 3. The van der Waals surface area contributed by atoms with E-state index in [1.165, 1.54) is 12.4 Å². The van der Waals surface area contributed by atoms with Crippen LogP contribution in [-0.4, -0.2) is 39.4 Å². The van der Waals surface area contributed by atoms with Gasteiger partial charge in [-0.3, -0.25) is 4.79 Å². The van der Waals surface area contributed by atoms with E-state index in [0.29, 0.717) is 4.90 Å². The Balaban J connectivity index is 1.82. The standard InChI is InChI=1S/C20H22ClF2N3O/c1-14-12-24-18(25-13-14)3-2-6-20(23)7-9-26(10-8-20)19(27)15-4-5-17(22)16(21)11-15/h4-5,11-13H,2-3,6-10H2,1H3/i3D2,9D2,10D2. The average Bonchev–Trinajstić information content (AvgIpc) is 2.67. The number of carbonyl (C=O) groups excluding carboxylic acids is 1. The lowest BCUT2D eigenvalue weighted by molar-refractivity contribution is 0.0389. The number of hydrogen-bond acceptors (Lipinski definition) is 3. The normalized spacial score (nSPS) is 23.9. The third kappa shape index (κ3) is 5.01. The van der Waals surface area contributed by atoms with Crippen LogP contribution in [0.5, 0.6) is 0 Å². The van der Waals surface area contributed by atoms with Gasteiger partial charge in [-0.15, -0.1) is 0 Å². The van der Waals surface area contributed by atoms with Gasteiger partial charge in [0.1, 0.15) is 17.3 Å². The highest BCUT2D eigenvalue weighted by molar-refractivity contribution is 6.31. The first-order valence-corrected chi connectivity index (χ1v) is 8.72. The maximum atomic E-state index is 15.7. The zero-order valence-corrected chi connectivity index (χ0v) is 15.4. The summed E-state index contributed by atoms with van der Waals surface area (Å²) in [7, 11) is 0. The highest BCUT2D eigenvalue weighted by atomic mass is 35.5. The number of aromatic nitrogens is 2. The van der Waals surface area contributed by atoms with Gasteiger partial charge in [0.2, 0.25) is 0 Å². The fraction of sp³-hybridized carbons (Fsp3) is 0.450. The van der Waals surface area contributed by atoms with Gasteiger partial charge in [-0.05, 0) is 56.4 Å². The molecule has 2 heterocycles. The maximum absolute atomic E-state index is 15.7. The van der Waals surface area contributed by atoms with Crippen molar-refractivity contribution < 1.29 is 21.8 Å². The number of halogens is 3. The summed E-state index contributed by atoms with van der Waals surface area (Å²) in [6.45, 7) is -3.77. The van der Waals surface area contributed by atoms with Crippen LogP contribution in [0.1, 0.15) is 55.7 Å². The molecule has 0 bridgehead atoms. The van der Waals surface area contributed by atoms with E-state index in [2.05, 4.69) is 9.97 Å². The molecule has 0 N–H and O–H groups in total. The van der Waals surface area contributed by atoms with Crippen molar-refractivity contribution >= 4 is 17.5 Å². The maximum Gasteiger partial charge on any atom is 0.253 e. The quantitative estimate of drug-likeness (QED) is 0.741. The fourth-order valence-electron chi connectivity index (χ4n) is 2.52. The van der Waals surface area contributed by atoms with Crippen LogP contribution < -0.4 is 0 Å². The molecule has 1 fully saturated rings. The zero-order chi connectivity index (χ0) is 24.8. The van der Waals surface area contributed by atoms with Crippen LogP contribution in [0.2, 0.25) is 5.02 Å². The summed E-state index contributed by atoms with van der Waals surface area (Å²) < 4.78 is 78.6. The summed E-state index contributed by atoms with van der Waals surface area (Å²) in [5.41, 5.74) is -1.96. The van der Waals surface area contributed by atoms with E-state index in [0.717, 1.165) is 23.8 Å². The molecule has 1 aliphatic heterocycles. The first kappa shape index (κ1) is 13.2. The molecule has 144 valence electrons. The van der Waals surface area contributed by atoms with Gasteiger partial charge in [0.15, 0.2) is 0 Å². The summed E-state index contributed by atoms with van der Waals surface area (Å²) in [5, 5.41) is -0.389. The molecule has 1 aromatic carbocycles. The Morgan fingerprint density at radius 3 is 2.67 bits per heavy atom. The molecule has 1 amide bonds. The van der Waals surface area contributed by atoms with Gasteiger partial charge >= 0.3 is 0 Å². The summed E-state index contributed by atoms with van der Waals surface area (Å²) in [4.78, 5) is 21.1. The van der Waals surface area contributed by atoms with Gasteiger partial charge < -0.3 is 4.90 Å². The lowest BCUT2D eigenvalue weighted by Crippen LogP contribution is -2.44. The van der Waals surface area contributed by atoms with E-state index >= 15 is 4.39 Å². The number of likely N-dealkylation sites (tertiary alicyclic amines) is 1. The number of piperidine rings is 1. The second kappa shape index (κ2) is 8.30. The molecular formula is C20H22ClF2N3O. The van der Waals surface area contributed by atoms with Crippen molar-refractivity contribution in [2.24, 2.45) is 0 Å². The van der Waals surface area contributed by atoms with Crippen LogP contribution in [0, 0.1) is 12.7 Å². The Morgan fingerprint density at radius 1 is 1.37 bits per heavy atom. The number of rotatable bonds is 5. The molecule has 0 spiro atoms. The van der Waals surface area contributed by atoms with Gasteiger partial charge in [-0.25, -0.2) is 18.7 Å². The zero-order valence-electron chi connectivity index (χ0n) is 20.6. The van der Waals surface area contributed by atoms with E-state index < -0.39 is 62.4 Å². The van der Waals surface area contributed by atoms with Crippen molar-refractivity contribution in [1.29, 1.82) is 0 Å². The SMILES string of the molecule is [2H]C([2H])(CCC1(F)CC([2H])([2H])N(C(=O)c2ccc(F)c(Cl)c2)C([2H])([2H])C1)c1ncc(C)cn1. The van der Waals surface area contributed by atoms with Crippen LogP contribution in [-0.2, 0) is 6.37 Å². The highest BCUT2D eigenvalue weighted by Crippen LogP contribution is 2.32. The summed E-state index contributed by atoms with van der Waals surface area (Å²) >= 11 is 5.69. The number of alkyl halides is 1. The molecular weight excluding hydrogens is 372 g/mol. The van der Waals surface area contributed by atoms with E-state index in [4.69, 9.17) is 19.8 Å². The topological polar surface area (TPSA) is 46.1 Å². The van der Waals surface area contributed by atoms with E-state index in [-0.39, 0.29) is 16.4 Å². The van der Waals surface area contributed by atoms with Crippen molar-refractivity contribution in [2.45, 2.75) is 44.6 Å². The molecule has 1 aliphatic rings. The summed E-state index contributed by atoms with van der Waals surface area (Å²) in [6, 6.07) is 2.90. The van der Waals surface area contributed by atoms with Crippen LogP contribution in [0.15, 0.2) is 30.6 Å². The smallest absolute Gasteiger partial charge is 0.253 e. The summed E-state index contributed by atoms with van der Waals surface area (Å²) in [5.74, 6) is -2.05. The van der Waals surface area contributed by atoms with E-state index in [1.54, 1.807) is 6.92 Å². The van der Waals surface area contributed by atoms with Crippen molar-refractivity contribution in [2.75, 3.05) is 13.0 Å².